The van der Waals surface area contributed by atoms with Crippen LogP contribution in [-0.2, 0) is 9.59 Å². The Morgan fingerprint density at radius 3 is 2.30 bits per heavy atom. The Morgan fingerprint density at radius 1 is 1.22 bits per heavy atom. The van der Waals surface area contributed by atoms with Crippen LogP contribution in [0.1, 0.15) is 33.6 Å². The average molecular weight is 339 g/mol. The lowest BCUT2D eigenvalue weighted by Gasteiger charge is -2.37. The molecule has 0 bridgehead atoms. The van der Waals surface area contributed by atoms with E-state index in [-0.39, 0.29) is 17.9 Å². The summed E-state index contributed by atoms with van der Waals surface area (Å²) in [6.07, 6.45) is 1.53. The van der Waals surface area contributed by atoms with Crippen LogP contribution in [0, 0.1) is 0 Å². The van der Waals surface area contributed by atoms with Gasteiger partial charge in [0.2, 0.25) is 5.91 Å². The topological polar surface area (TPSA) is 58.6 Å². The number of benzene rings is 1. The van der Waals surface area contributed by atoms with Crippen molar-refractivity contribution in [2.45, 2.75) is 45.3 Å². The van der Waals surface area contributed by atoms with Crippen molar-refractivity contribution in [1.29, 1.82) is 0 Å². The van der Waals surface area contributed by atoms with E-state index in [1.54, 1.807) is 43.0 Å². The second-order valence-electron chi connectivity index (χ2n) is 6.33. The van der Waals surface area contributed by atoms with Crippen LogP contribution in [0.25, 0.3) is 0 Å². The van der Waals surface area contributed by atoms with Crippen LogP contribution in [-0.4, -0.2) is 41.4 Å². The van der Waals surface area contributed by atoms with Crippen molar-refractivity contribution in [3.8, 4) is 5.75 Å². The maximum Gasteiger partial charge on any atom is 0.266 e. The van der Waals surface area contributed by atoms with Crippen molar-refractivity contribution in [3.05, 3.63) is 29.3 Å². The van der Waals surface area contributed by atoms with E-state index in [1.807, 2.05) is 0 Å². The Balaban J connectivity index is 1.93. The molecule has 1 aromatic rings. The lowest BCUT2D eigenvalue weighted by Crippen LogP contribution is -2.53. The van der Waals surface area contributed by atoms with Crippen LogP contribution < -0.4 is 10.1 Å². The fraction of sp³-hybridized carbons (Fsp3) is 0.529. The van der Waals surface area contributed by atoms with Crippen LogP contribution in [0.5, 0.6) is 5.75 Å². The molecule has 0 radical (unpaired) electrons. The summed E-state index contributed by atoms with van der Waals surface area (Å²) in [5.74, 6) is 0.538. The zero-order valence-electron chi connectivity index (χ0n) is 13.8. The maximum absolute atomic E-state index is 12.7. The fourth-order valence-corrected chi connectivity index (χ4v) is 2.86. The summed E-state index contributed by atoms with van der Waals surface area (Å²) in [5.41, 5.74) is -0.950. The van der Waals surface area contributed by atoms with E-state index < -0.39 is 5.60 Å². The number of amides is 2. The maximum atomic E-state index is 12.7. The molecular formula is C17H23ClN2O3. The van der Waals surface area contributed by atoms with E-state index in [0.717, 1.165) is 12.8 Å². The number of nitrogens with zero attached hydrogens (tertiary/aromatic N) is 1. The van der Waals surface area contributed by atoms with E-state index in [1.165, 1.54) is 6.92 Å². The molecule has 5 nitrogen and oxygen atoms in total. The molecule has 1 fully saturated rings. The number of rotatable bonds is 4. The highest BCUT2D eigenvalue weighted by Crippen LogP contribution is 2.23. The first-order chi connectivity index (χ1) is 10.8. The molecular weight excluding hydrogens is 316 g/mol. The van der Waals surface area contributed by atoms with E-state index in [0.29, 0.717) is 23.9 Å². The number of likely N-dealkylation sites (tertiary alicyclic amines) is 1. The lowest BCUT2D eigenvalue weighted by molar-refractivity contribution is -0.146. The van der Waals surface area contributed by atoms with Crippen molar-refractivity contribution >= 4 is 23.4 Å². The van der Waals surface area contributed by atoms with Crippen molar-refractivity contribution < 1.29 is 14.3 Å². The summed E-state index contributed by atoms with van der Waals surface area (Å²) in [7, 11) is 0. The predicted molar refractivity (Wildman–Crippen MR) is 89.6 cm³/mol. The van der Waals surface area contributed by atoms with Gasteiger partial charge < -0.3 is 15.0 Å². The number of hydrogen-bond donors (Lipinski definition) is 1. The Morgan fingerprint density at radius 2 is 1.78 bits per heavy atom. The number of ether oxygens (including phenoxy) is 1. The minimum atomic E-state index is -0.950. The van der Waals surface area contributed by atoms with Crippen molar-refractivity contribution in [2.75, 3.05) is 13.1 Å². The highest BCUT2D eigenvalue weighted by molar-refractivity contribution is 6.30. The highest BCUT2D eigenvalue weighted by atomic mass is 35.5. The zero-order valence-corrected chi connectivity index (χ0v) is 14.5. The predicted octanol–water partition coefficient (Wildman–Crippen LogP) is 2.62. The third-order valence-electron chi connectivity index (χ3n) is 3.89. The molecule has 2 amide bonds. The minimum absolute atomic E-state index is 0.0267. The molecule has 1 heterocycles. The first-order valence-corrected chi connectivity index (χ1v) is 8.17. The average Bonchev–Trinajstić information content (AvgIpc) is 2.49. The van der Waals surface area contributed by atoms with Crippen LogP contribution in [0.2, 0.25) is 5.02 Å². The Kier molecular flexibility index (Phi) is 5.52. The lowest BCUT2D eigenvalue weighted by atomic mass is 10.0. The molecule has 6 heteroatoms. The molecule has 0 saturated carbocycles. The van der Waals surface area contributed by atoms with Gasteiger partial charge in [-0.2, -0.15) is 0 Å². The molecule has 1 aliphatic rings. The van der Waals surface area contributed by atoms with Crippen LogP contribution in [0.15, 0.2) is 24.3 Å². The first-order valence-electron chi connectivity index (χ1n) is 7.79. The van der Waals surface area contributed by atoms with Crippen molar-refractivity contribution in [3.63, 3.8) is 0 Å². The Labute approximate surface area is 141 Å². The first kappa shape index (κ1) is 17.6. The third-order valence-corrected chi connectivity index (χ3v) is 4.14. The van der Waals surface area contributed by atoms with Gasteiger partial charge in [0.25, 0.3) is 5.91 Å². The Hall–Kier alpha value is -1.75. The van der Waals surface area contributed by atoms with Gasteiger partial charge in [-0.1, -0.05) is 11.6 Å². The highest BCUT2D eigenvalue weighted by Gasteiger charge is 2.36. The molecule has 126 valence electrons. The molecule has 1 aliphatic heterocycles. The van der Waals surface area contributed by atoms with Gasteiger partial charge in [0, 0.05) is 31.1 Å². The van der Waals surface area contributed by atoms with Gasteiger partial charge in [-0.05, 0) is 51.0 Å². The summed E-state index contributed by atoms with van der Waals surface area (Å²) in [6.45, 7) is 6.29. The fourth-order valence-electron chi connectivity index (χ4n) is 2.74. The SMILES string of the molecule is CC(=O)NC1CCN(C(=O)C(C)(C)Oc2ccc(Cl)cc2)CC1. The number of nitrogens with one attached hydrogen (secondary N) is 1. The molecule has 23 heavy (non-hydrogen) atoms. The van der Waals surface area contributed by atoms with Gasteiger partial charge in [-0.15, -0.1) is 0 Å². The number of halogens is 1. The van der Waals surface area contributed by atoms with Gasteiger partial charge in [-0.25, -0.2) is 0 Å². The standard InChI is InChI=1S/C17H23ClN2O3/c1-12(21)19-14-8-10-20(11-9-14)16(22)17(2,3)23-15-6-4-13(18)5-7-15/h4-7,14H,8-11H2,1-3H3,(H,19,21). The number of hydrogen-bond acceptors (Lipinski definition) is 3. The monoisotopic (exact) mass is 338 g/mol. The Bertz CT molecular complexity index is 564. The van der Waals surface area contributed by atoms with Gasteiger partial charge in [0.1, 0.15) is 5.75 Å². The molecule has 0 unspecified atom stereocenters. The smallest absolute Gasteiger partial charge is 0.266 e. The molecule has 0 spiro atoms. The molecule has 0 aliphatic carbocycles. The molecule has 0 atom stereocenters. The molecule has 1 saturated heterocycles. The molecule has 1 N–H and O–H groups in total. The number of carbonyl (C=O) groups is 2. The number of carbonyl (C=O) groups excluding carboxylic acids is 2. The second-order valence-corrected chi connectivity index (χ2v) is 6.77. The largest absolute Gasteiger partial charge is 0.478 e. The number of piperidine rings is 1. The summed E-state index contributed by atoms with van der Waals surface area (Å²) in [6, 6.07) is 7.12. The van der Waals surface area contributed by atoms with Gasteiger partial charge in [-0.3, -0.25) is 9.59 Å². The second kappa shape index (κ2) is 7.21. The van der Waals surface area contributed by atoms with E-state index in [4.69, 9.17) is 16.3 Å². The quantitative estimate of drug-likeness (QED) is 0.918. The van der Waals surface area contributed by atoms with Crippen LogP contribution in [0.4, 0.5) is 0 Å². The molecule has 1 aromatic carbocycles. The zero-order chi connectivity index (χ0) is 17.0. The van der Waals surface area contributed by atoms with E-state index in [9.17, 15) is 9.59 Å². The van der Waals surface area contributed by atoms with E-state index >= 15 is 0 Å². The van der Waals surface area contributed by atoms with Gasteiger partial charge in [0.15, 0.2) is 5.60 Å². The minimum Gasteiger partial charge on any atom is -0.478 e. The van der Waals surface area contributed by atoms with E-state index in [2.05, 4.69) is 5.32 Å². The summed E-state index contributed by atoms with van der Waals surface area (Å²) in [5, 5.41) is 3.53. The third kappa shape index (κ3) is 4.86. The van der Waals surface area contributed by atoms with Gasteiger partial charge >= 0.3 is 0 Å². The van der Waals surface area contributed by atoms with Crippen LogP contribution in [0.3, 0.4) is 0 Å². The van der Waals surface area contributed by atoms with Crippen molar-refractivity contribution in [1.82, 2.24) is 10.2 Å². The normalized spacial score (nSPS) is 16.1. The summed E-state index contributed by atoms with van der Waals surface area (Å²) >= 11 is 5.86. The molecule has 0 aromatic heterocycles. The van der Waals surface area contributed by atoms with Crippen molar-refractivity contribution in [2.24, 2.45) is 0 Å². The molecule has 2 rings (SSSR count). The van der Waals surface area contributed by atoms with Crippen LogP contribution >= 0.6 is 11.6 Å². The van der Waals surface area contributed by atoms with Gasteiger partial charge in [0.05, 0.1) is 0 Å². The summed E-state index contributed by atoms with van der Waals surface area (Å²) in [4.78, 5) is 25.6. The summed E-state index contributed by atoms with van der Waals surface area (Å²) < 4.78 is 5.84.